The molecule has 0 aliphatic heterocycles. The van der Waals surface area contributed by atoms with Crippen molar-refractivity contribution in [2.75, 3.05) is 18.4 Å². The highest BCUT2D eigenvalue weighted by Gasteiger charge is 2.28. The molecule has 0 spiro atoms. The Kier molecular flexibility index (Phi) is 4.64. The lowest BCUT2D eigenvalue weighted by Crippen LogP contribution is -2.33. The minimum absolute atomic E-state index is 0.376. The fraction of sp³-hybridized carbons (Fsp3) is 0.556. The van der Waals surface area contributed by atoms with E-state index in [4.69, 9.17) is 9.15 Å². The van der Waals surface area contributed by atoms with Gasteiger partial charge in [-0.15, -0.1) is 0 Å². The van der Waals surface area contributed by atoms with E-state index in [1.807, 2.05) is 39.0 Å². The van der Waals surface area contributed by atoms with E-state index in [9.17, 15) is 4.79 Å². The van der Waals surface area contributed by atoms with Crippen molar-refractivity contribution in [3.63, 3.8) is 0 Å². The number of oxazole rings is 1. The fourth-order valence-corrected chi connectivity index (χ4v) is 2.39. The Bertz CT molecular complexity index is 714. The van der Waals surface area contributed by atoms with Crippen molar-refractivity contribution >= 4 is 22.9 Å². The number of carbonyl (C=O) groups excluding carboxylic acids is 1. The number of rotatable bonds is 6. The standard InChI is InChI=1S/C18H25N3O3/c1-18(2,3)24-17(22)20-10-4-9-19-13-7-8-15-14(11-13)21-16(23-15)12-5-6-12/h7-8,11-12,19H,4-6,9-10H2,1-3H3,(H,20,22). The van der Waals surface area contributed by atoms with Crippen molar-refractivity contribution in [1.29, 1.82) is 0 Å². The Morgan fingerprint density at radius 1 is 1.33 bits per heavy atom. The van der Waals surface area contributed by atoms with Crippen LogP contribution in [-0.2, 0) is 4.74 Å². The van der Waals surface area contributed by atoms with Crippen LogP contribution < -0.4 is 10.6 Å². The number of aromatic nitrogens is 1. The van der Waals surface area contributed by atoms with E-state index in [1.165, 1.54) is 12.8 Å². The number of benzene rings is 1. The second-order valence-corrected chi connectivity index (χ2v) is 7.22. The van der Waals surface area contributed by atoms with Crippen LogP contribution in [0.1, 0.15) is 51.8 Å². The average molecular weight is 331 g/mol. The second-order valence-electron chi connectivity index (χ2n) is 7.22. The van der Waals surface area contributed by atoms with E-state index in [2.05, 4.69) is 15.6 Å². The zero-order valence-electron chi connectivity index (χ0n) is 14.5. The average Bonchev–Trinajstić information content (AvgIpc) is 3.25. The lowest BCUT2D eigenvalue weighted by molar-refractivity contribution is 0.0528. The van der Waals surface area contributed by atoms with Crippen molar-refractivity contribution in [3.05, 3.63) is 24.1 Å². The topological polar surface area (TPSA) is 76.4 Å². The van der Waals surface area contributed by atoms with E-state index in [0.717, 1.165) is 35.6 Å². The van der Waals surface area contributed by atoms with Crippen LogP contribution in [0.25, 0.3) is 11.1 Å². The summed E-state index contributed by atoms with van der Waals surface area (Å²) in [6.45, 7) is 6.88. The molecule has 0 saturated heterocycles. The molecule has 0 atom stereocenters. The third-order valence-corrected chi connectivity index (χ3v) is 3.68. The first-order valence-electron chi connectivity index (χ1n) is 8.52. The second kappa shape index (κ2) is 6.71. The van der Waals surface area contributed by atoms with Crippen molar-refractivity contribution in [2.45, 2.75) is 51.6 Å². The van der Waals surface area contributed by atoms with Crippen LogP contribution in [0.3, 0.4) is 0 Å². The number of fused-ring (bicyclic) bond motifs is 1. The first-order valence-corrected chi connectivity index (χ1v) is 8.52. The quantitative estimate of drug-likeness (QED) is 0.782. The predicted octanol–water partition coefficient (Wildman–Crippen LogP) is 4.03. The monoisotopic (exact) mass is 331 g/mol. The smallest absolute Gasteiger partial charge is 0.407 e. The molecule has 6 nitrogen and oxygen atoms in total. The third-order valence-electron chi connectivity index (χ3n) is 3.68. The molecule has 1 saturated carbocycles. The number of ether oxygens (including phenoxy) is 1. The van der Waals surface area contributed by atoms with Gasteiger partial charge < -0.3 is 19.8 Å². The summed E-state index contributed by atoms with van der Waals surface area (Å²) in [6.07, 6.45) is 2.80. The molecule has 0 bridgehead atoms. The van der Waals surface area contributed by atoms with Crippen LogP contribution in [0.15, 0.2) is 22.6 Å². The first-order chi connectivity index (χ1) is 11.4. The number of amides is 1. The Labute approximate surface area is 142 Å². The van der Waals surface area contributed by atoms with Crippen molar-refractivity contribution < 1.29 is 13.9 Å². The summed E-state index contributed by atoms with van der Waals surface area (Å²) in [7, 11) is 0. The van der Waals surface area contributed by atoms with Gasteiger partial charge in [0.2, 0.25) is 0 Å². The fourth-order valence-electron chi connectivity index (χ4n) is 2.39. The molecular formula is C18H25N3O3. The Morgan fingerprint density at radius 2 is 2.12 bits per heavy atom. The van der Waals surface area contributed by atoms with E-state index in [0.29, 0.717) is 12.5 Å². The molecule has 24 heavy (non-hydrogen) atoms. The van der Waals surface area contributed by atoms with Gasteiger partial charge in [0.15, 0.2) is 11.5 Å². The SMILES string of the molecule is CC(C)(C)OC(=O)NCCCNc1ccc2oc(C3CC3)nc2c1. The summed E-state index contributed by atoms with van der Waals surface area (Å²) in [5.74, 6) is 1.39. The van der Waals surface area contributed by atoms with Crippen molar-refractivity contribution in [1.82, 2.24) is 10.3 Å². The summed E-state index contributed by atoms with van der Waals surface area (Å²) in [6, 6.07) is 5.95. The van der Waals surface area contributed by atoms with Crippen molar-refractivity contribution in [3.8, 4) is 0 Å². The molecule has 6 heteroatoms. The highest BCUT2D eigenvalue weighted by atomic mass is 16.6. The summed E-state index contributed by atoms with van der Waals surface area (Å²) < 4.78 is 10.9. The molecule has 1 aromatic heterocycles. The van der Waals surface area contributed by atoms with Crippen molar-refractivity contribution in [2.24, 2.45) is 0 Å². The molecule has 1 amide bonds. The molecule has 2 N–H and O–H groups in total. The Morgan fingerprint density at radius 3 is 2.83 bits per heavy atom. The van der Waals surface area contributed by atoms with Gasteiger partial charge in [-0.3, -0.25) is 0 Å². The number of carbonyl (C=O) groups is 1. The largest absolute Gasteiger partial charge is 0.444 e. The van der Waals surface area contributed by atoms with Gasteiger partial charge in [0.05, 0.1) is 0 Å². The molecule has 0 unspecified atom stereocenters. The number of alkyl carbamates (subject to hydrolysis) is 1. The first kappa shape index (κ1) is 16.6. The summed E-state index contributed by atoms with van der Waals surface area (Å²) in [5, 5.41) is 6.09. The number of nitrogens with one attached hydrogen (secondary N) is 2. The van der Waals surface area contributed by atoms with Gasteiger partial charge >= 0.3 is 6.09 Å². The molecule has 1 aliphatic rings. The maximum Gasteiger partial charge on any atom is 0.407 e. The molecule has 3 rings (SSSR count). The number of anilines is 1. The van der Waals surface area contributed by atoms with Gasteiger partial charge in [0.1, 0.15) is 11.1 Å². The van der Waals surface area contributed by atoms with Crippen LogP contribution in [0.4, 0.5) is 10.5 Å². The third kappa shape index (κ3) is 4.63. The van der Waals surface area contributed by atoms with Crippen LogP contribution in [0.2, 0.25) is 0 Å². The number of nitrogens with zero attached hydrogens (tertiary/aromatic N) is 1. The maximum absolute atomic E-state index is 11.5. The van der Waals surface area contributed by atoms with Gasteiger partial charge in [-0.1, -0.05) is 0 Å². The zero-order chi connectivity index (χ0) is 17.2. The maximum atomic E-state index is 11.5. The van der Waals surface area contributed by atoms with Gasteiger partial charge in [-0.05, 0) is 58.2 Å². The molecule has 2 aromatic rings. The lowest BCUT2D eigenvalue weighted by atomic mass is 10.2. The Balaban J connectivity index is 1.42. The summed E-state index contributed by atoms with van der Waals surface area (Å²) >= 11 is 0. The molecule has 1 fully saturated rings. The number of hydrogen-bond donors (Lipinski definition) is 2. The van der Waals surface area contributed by atoms with E-state index in [-0.39, 0.29) is 6.09 Å². The zero-order valence-corrected chi connectivity index (χ0v) is 14.5. The van der Waals surface area contributed by atoms with E-state index in [1.54, 1.807) is 0 Å². The lowest BCUT2D eigenvalue weighted by Gasteiger charge is -2.19. The van der Waals surface area contributed by atoms with Gasteiger partial charge in [-0.25, -0.2) is 9.78 Å². The minimum Gasteiger partial charge on any atom is -0.444 e. The Hall–Kier alpha value is -2.24. The normalized spacial score (nSPS) is 14.6. The highest BCUT2D eigenvalue weighted by Crippen LogP contribution is 2.40. The van der Waals surface area contributed by atoms with Crippen LogP contribution in [-0.4, -0.2) is 29.8 Å². The highest BCUT2D eigenvalue weighted by molar-refractivity contribution is 5.77. The van der Waals surface area contributed by atoms with Crippen LogP contribution in [0.5, 0.6) is 0 Å². The van der Waals surface area contributed by atoms with Crippen LogP contribution in [0, 0.1) is 0 Å². The van der Waals surface area contributed by atoms with Gasteiger partial charge in [0.25, 0.3) is 0 Å². The molecule has 130 valence electrons. The molecule has 1 aliphatic carbocycles. The molecular weight excluding hydrogens is 306 g/mol. The minimum atomic E-state index is -0.464. The molecule has 0 radical (unpaired) electrons. The number of hydrogen-bond acceptors (Lipinski definition) is 5. The van der Waals surface area contributed by atoms with Crippen LogP contribution >= 0.6 is 0 Å². The molecule has 1 aromatic carbocycles. The van der Waals surface area contributed by atoms with Gasteiger partial charge in [-0.2, -0.15) is 0 Å². The van der Waals surface area contributed by atoms with E-state index < -0.39 is 5.60 Å². The summed E-state index contributed by atoms with van der Waals surface area (Å²) in [5.41, 5.74) is 2.28. The van der Waals surface area contributed by atoms with Gasteiger partial charge in [0, 0.05) is 24.7 Å². The molecule has 1 heterocycles. The predicted molar refractivity (Wildman–Crippen MR) is 93.3 cm³/mol. The van der Waals surface area contributed by atoms with E-state index >= 15 is 0 Å². The summed E-state index contributed by atoms with van der Waals surface area (Å²) in [4.78, 5) is 16.1.